The Morgan fingerprint density at radius 1 is 1.26 bits per heavy atom. The van der Waals surface area contributed by atoms with Crippen molar-refractivity contribution >= 4 is 11.6 Å². The van der Waals surface area contributed by atoms with Gasteiger partial charge in [-0.3, -0.25) is 4.98 Å². The first-order chi connectivity index (χ1) is 11.0. The van der Waals surface area contributed by atoms with Crippen molar-refractivity contribution in [3.63, 3.8) is 0 Å². The lowest BCUT2D eigenvalue weighted by molar-refractivity contribution is -0.0500. The number of hydrogen-bond donors (Lipinski definition) is 1. The van der Waals surface area contributed by atoms with Crippen molar-refractivity contribution in [2.45, 2.75) is 27.0 Å². The van der Waals surface area contributed by atoms with Gasteiger partial charge in [0, 0.05) is 11.3 Å². The zero-order valence-electron chi connectivity index (χ0n) is 12.5. The Hall–Kier alpha value is -2.84. The Bertz CT molecular complexity index is 818. The van der Waals surface area contributed by atoms with Crippen molar-refractivity contribution in [1.82, 2.24) is 24.6 Å². The van der Waals surface area contributed by atoms with Crippen LogP contribution in [0.2, 0.25) is 0 Å². The van der Waals surface area contributed by atoms with Crippen LogP contribution in [0.4, 0.5) is 14.6 Å². The van der Waals surface area contributed by atoms with Crippen LogP contribution in [0.5, 0.6) is 5.75 Å². The van der Waals surface area contributed by atoms with Crippen LogP contribution >= 0.6 is 0 Å². The number of alkyl halides is 2. The topological polar surface area (TPSA) is 77.2 Å². The molecule has 0 spiro atoms. The smallest absolute Gasteiger partial charge is 0.387 e. The Kier molecular flexibility index (Phi) is 4.00. The summed E-state index contributed by atoms with van der Waals surface area (Å²) in [5.74, 6) is 1.29. The van der Waals surface area contributed by atoms with Crippen molar-refractivity contribution < 1.29 is 13.5 Å². The van der Waals surface area contributed by atoms with E-state index >= 15 is 0 Å². The van der Waals surface area contributed by atoms with Crippen LogP contribution in [0.3, 0.4) is 0 Å². The molecule has 0 saturated carbocycles. The second kappa shape index (κ2) is 6.11. The van der Waals surface area contributed by atoms with E-state index in [-0.39, 0.29) is 5.75 Å². The second-order valence-corrected chi connectivity index (χ2v) is 4.86. The molecule has 0 atom stereocenters. The third kappa shape index (κ3) is 3.17. The fraction of sp³-hybridized carbons (Fsp3) is 0.286. The summed E-state index contributed by atoms with van der Waals surface area (Å²) in [5, 5.41) is 7.36. The molecule has 3 aromatic heterocycles. The predicted octanol–water partition coefficient (Wildman–Crippen LogP) is 2.35. The van der Waals surface area contributed by atoms with Gasteiger partial charge in [0.2, 0.25) is 0 Å². The number of anilines is 1. The second-order valence-electron chi connectivity index (χ2n) is 4.86. The molecule has 3 rings (SSSR count). The van der Waals surface area contributed by atoms with E-state index in [2.05, 4.69) is 30.1 Å². The van der Waals surface area contributed by atoms with Gasteiger partial charge >= 0.3 is 6.61 Å². The third-order valence-electron chi connectivity index (χ3n) is 3.37. The lowest BCUT2D eigenvalue weighted by Crippen LogP contribution is -2.10. The average molecular weight is 320 g/mol. The summed E-state index contributed by atoms with van der Waals surface area (Å²) in [5.41, 5.74) is 2.47. The van der Waals surface area contributed by atoms with Gasteiger partial charge in [-0.2, -0.15) is 23.4 Å². The Balaban J connectivity index is 1.78. The molecule has 3 heterocycles. The van der Waals surface area contributed by atoms with Gasteiger partial charge in [-0.15, -0.1) is 0 Å². The van der Waals surface area contributed by atoms with Gasteiger partial charge in [0.25, 0.3) is 5.78 Å². The normalized spacial score (nSPS) is 11.2. The summed E-state index contributed by atoms with van der Waals surface area (Å²) in [6.07, 6.45) is 2.69. The summed E-state index contributed by atoms with van der Waals surface area (Å²) in [4.78, 5) is 12.5. The van der Waals surface area contributed by atoms with Gasteiger partial charge in [0.05, 0.1) is 18.4 Å². The van der Waals surface area contributed by atoms with Crippen LogP contribution in [-0.2, 0) is 6.54 Å². The molecule has 0 aliphatic carbocycles. The molecule has 0 fully saturated rings. The number of nitrogens with one attached hydrogen (secondary N) is 1. The van der Waals surface area contributed by atoms with E-state index in [0.29, 0.717) is 18.0 Å². The lowest BCUT2D eigenvalue weighted by atomic mass is 10.2. The summed E-state index contributed by atoms with van der Waals surface area (Å²) < 4.78 is 30.1. The molecule has 1 N–H and O–H groups in total. The van der Waals surface area contributed by atoms with Gasteiger partial charge in [-0.1, -0.05) is 0 Å². The molecule has 0 radical (unpaired) electrons. The minimum absolute atomic E-state index is 0.0263. The van der Waals surface area contributed by atoms with Crippen LogP contribution < -0.4 is 10.1 Å². The molecule has 0 unspecified atom stereocenters. The zero-order valence-corrected chi connectivity index (χ0v) is 12.5. The zero-order chi connectivity index (χ0) is 16.4. The maximum Gasteiger partial charge on any atom is 0.387 e. The number of rotatable bonds is 5. The fourth-order valence-electron chi connectivity index (χ4n) is 2.10. The van der Waals surface area contributed by atoms with E-state index in [1.54, 1.807) is 10.6 Å². The van der Waals surface area contributed by atoms with E-state index < -0.39 is 6.61 Å². The summed E-state index contributed by atoms with van der Waals surface area (Å²) in [7, 11) is 0. The maximum absolute atomic E-state index is 12.1. The van der Waals surface area contributed by atoms with Gasteiger partial charge in [0.1, 0.15) is 17.9 Å². The largest absolute Gasteiger partial charge is 0.433 e. The predicted molar refractivity (Wildman–Crippen MR) is 78.5 cm³/mol. The van der Waals surface area contributed by atoms with E-state index in [4.69, 9.17) is 0 Å². The van der Waals surface area contributed by atoms with Crippen LogP contribution in [0, 0.1) is 13.8 Å². The molecule has 3 aromatic rings. The van der Waals surface area contributed by atoms with Crippen LogP contribution in [0.25, 0.3) is 5.78 Å². The fourth-order valence-corrected chi connectivity index (χ4v) is 2.10. The molecular weight excluding hydrogens is 306 g/mol. The van der Waals surface area contributed by atoms with Crippen molar-refractivity contribution in [2.24, 2.45) is 0 Å². The molecule has 0 bridgehead atoms. The SMILES string of the molecule is Cc1nc2ncnn2c(NCc2ccc(OC(F)F)cn2)c1C. The first-order valence-corrected chi connectivity index (χ1v) is 6.85. The highest BCUT2D eigenvalue weighted by Crippen LogP contribution is 2.19. The Labute approximate surface area is 130 Å². The number of halogens is 2. The average Bonchev–Trinajstić information content (AvgIpc) is 2.96. The summed E-state index contributed by atoms with van der Waals surface area (Å²) in [6.45, 7) is 1.36. The molecule has 0 aliphatic heterocycles. The number of ether oxygens (including phenoxy) is 1. The number of aryl methyl sites for hydroxylation is 1. The molecule has 0 aliphatic rings. The van der Waals surface area contributed by atoms with Gasteiger partial charge < -0.3 is 10.1 Å². The third-order valence-corrected chi connectivity index (χ3v) is 3.37. The molecule has 23 heavy (non-hydrogen) atoms. The number of hydrogen-bond acceptors (Lipinski definition) is 6. The van der Waals surface area contributed by atoms with Gasteiger partial charge in [0.15, 0.2) is 0 Å². The highest BCUT2D eigenvalue weighted by molar-refractivity contribution is 5.51. The quantitative estimate of drug-likeness (QED) is 0.777. The van der Waals surface area contributed by atoms with E-state index in [0.717, 1.165) is 17.1 Å². The maximum atomic E-state index is 12.1. The molecule has 0 amide bonds. The van der Waals surface area contributed by atoms with Crippen molar-refractivity contribution in [3.05, 3.63) is 41.6 Å². The van der Waals surface area contributed by atoms with Crippen molar-refractivity contribution in [3.8, 4) is 5.75 Å². The van der Waals surface area contributed by atoms with Crippen molar-refractivity contribution in [1.29, 1.82) is 0 Å². The standard InChI is InChI=1S/C14H14F2N6O/c1-8-9(2)21-14-19-7-20-22(14)12(8)18-5-10-3-4-11(6-17-10)23-13(15)16/h3-4,6-7,13,18H,5H2,1-2H3. The first-order valence-electron chi connectivity index (χ1n) is 6.85. The molecule has 120 valence electrons. The van der Waals surface area contributed by atoms with E-state index in [9.17, 15) is 8.78 Å². The summed E-state index contributed by atoms with van der Waals surface area (Å²) >= 11 is 0. The first kappa shape index (κ1) is 15.1. The molecule has 7 nitrogen and oxygen atoms in total. The van der Waals surface area contributed by atoms with Crippen LogP contribution in [0.1, 0.15) is 17.0 Å². The minimum Gasteiger partial charge on any atom is -0.433 e. The Morgan fingerprint density at radius 3 is 2.78 bits per heavy atom. The molecule has 0 aromatic carbocycles. The number of fused-ring (bicyclic) bond motifs is 1. The van der Waals surface area contributed by atoms with E-state index in [1.807, 2.05) is 13.8 Å². The van der Waals surface area contributed by atoms with Crippen LogP contribution in [0.15, 0.2) is 24.7 Å². The molecule has 0 saturated heterocycles. The lowest BCUT2D eigenvalue weighted by Gasteiger charge is -2.12. The highest BCUT2D eigenvalue weighted by Gasteiger charge is 2.11. The van der Waals surface area contributed by atoms with E-state index in [1.165, 1.54) is 18.6 Å². The molecular formula is C14H14F2N6O. The van der Waals surface area contributed by atoms with Gasteiger partial charge in [-0.05, 0) is 26.0 Å². The minimum atomic E-state index is -2.86. The Morgan fingerprint density at radius 2 is 2.09 bits per heavy atom. The highest BCUT2D eigenvalue weighted by atomic mass is 19.3. The number of nitrogens with zero attached hydrogens (tertiary/aromatic N) is 5. The number of aromatic nitrogens is 5. The van der Waals surface area contributed by atoms with Gasteiger partial charge in [-0.25, -0.2) is 4.98 Å². The number of pyridine rings is 1. The van der Waals surface area contributed by atoms with Crippen molar-refractivity contribution in [2.75, 3.05) is 5.32 Å². The van der Waals surface area contributed by atoms with Crippen LogP contribution in [-0.4, -0.2) is 31.2 Å². The summed E-state index contributed by atoms with van der Waals surface area (Å²) in [6, 6.07) is 3.07. The monoisotopic (exact) mass is 320 g/mol. The molecule has 9 heteroatoms.